The Hall–Kier alpha value is -2.64. The summed E-state index contributed by atoms with van der Waals surface area (Å²) in [5, 5.41) is 26.0. The molecule has 0 amide bonds. The summed E-state index contributed by atoms with van der Waals surface area (Å²) in [5.41, 5.74) is 2.49. The molecule has 0 saturated carbocycles. The molecule has 8 heteroatoms. The maximum Gasteiger partial charge on any atom is 0.187 e. The molecule has 182 valence electrons. The highest BCUT2D eigenvalue weighted by molar-refractivity contribution is 6.31. The van der Waals surface area contributed by atoms with Crippen molar-refractivity contribution >= 4 is 34.8 Å². The lowest BCUT2D eigenvalue weighted by Crippen LogP contribution is -2.27. The van der Waals surface area contributed by atoms with Crippen LogP contribution in [0.25, 0.3) is 0 Å². The van der Waals surface area contributed by atoms with Gasteiger partial charge < -0.3 is 20.8 Å². The molecule has 0 fully saturated rings. The topological polar surface area (TPSA) is 98.7 Å². The Kier molecular flexibility index (Phi) is 12.4. The van der Waals surface area contributed by atoms with Gasteiger partial charge in [0.1, 0.15) is 0 Å². The minimum atomic E-state index is -0.151. The van der Waals surface area contributed by atoms with Crippen molar-refractivity contribution in [2.45, 2.75) is 25.7 Å². The minimum Gasteiger partial charge on any atom is -0.396 e. The van der Waals surface area contributed by atoms with Gasteiger partial charge in [0.2, 0.25) is 0 Å². The van der Waals surface area contributed by atoms with Crippen LogP contribution >= 0.6 is 23.2 Å². The van der Waals surface area contributed by atoms with Crippen LogP contribution in [0.2, 0.25) is 10.0 Å². The smallest absolute Gasteiger partial charge is 0.187 e. The molecule has 2 rings (SSSR count). The number of carbonyl (C=O) groups excluding carboxylic acids is 2. The van der Waals surface area contributed by atoms with E-state index in [2.05, 4.69) is 10.6 Å². The quantitative estimate of drug-likeness (QED) is 0.161. The van der Waals surface area contributed by atoms with Gasteiger partial charge in [0.25, 0.3) is 0 Å². The monoisotopic (exact) mass is 504 g/mol. The Morgan fingerprint density at radius 2 is 1.03 bits per heavy atom. The lowest BCUT2D eigenvalue weighted by atomic mass is 10.1. The number of benzene rings is 2. The Labute approximate surface area is 210 Å². The number of rotatable bonds is 15. The summed E-state index contributed by atoms with van der Waals surface area (Å²) >= 11 is 11.8. The van der Waals surface area contributed by atoms with Crippen molar-refractivity contribution in [2.75, 3.05) is 26.3 Å². The molecule has 6 nitrogen and oxygen atoms in total. The van der Waals surface area contributed by atoms with Crippen LogP contribution < -0.4 is 10.6 Å². The van der Waals surface area contributed by atoms with Gasteiger partial charge >= 0.3 is 0 Å². The lowest BCUT2D eigenvalue weighted by molar-refractivity contribution is 0.103. The van der Waals surface area contributed by atoms with Crippen molar-refractivity contribution < 1.29 is 19.8 Å². The van der Waals surface area contributed by atoms with E-state index < -0.39 is 0 Å². The highest BCUT2D eigenvalue weighted by Crippen LogP contribution is 2.13. The number of carbonyl (C=O) groups is 2. The molecule has 34 heavy (non-hydrogen) atoms. The molecule has 2 aromatic rings. The summed E-state index contributed by atoms with van der Waals surface area (Å²) in [6.45, 7) is 1.04. The van der Waals surface area contributed by atoms with Gasteiger partial charge in [-0.1, -0.05) is 23.2 Å². The van der Waals surface area contributed by atoms with Crippen LogP contribution in [-0.2, 0) is 0 Å². The average molecular weight is 505 g/mol. The number of aliphatic hydroxyl groups excluding tert-OH is 2. The summed E-state index contributed by atoms with van der Waals surface area (Å²) < 4.78 is 0. The molecule has 0 unspecified atom stereocenters. The van der Waals surface area contributed by atoms with Crippen molar-refractivity contribution in [1.82, 2.24) is 10.6 Å². The zero-order chi connectivity index (χ0) is 24.8. The second-order valence-corrected chi connectivity index (χ2v) is 8.46. The highest BCUT2D eigenvalue weighted by Gasteiger charge is 2.08. The first-order valence-corrected chi connectivity index (χ1v) is 11.9. The standard InChI is InChI=1S/C26H30Cl2N2O4/c27-21-9-5-19(6-10-21)25(33)17-23(3-1-15-31)29-13-14-30-24(4-2-16-32)18-26(34)20-7-11-22(28)12-8-20/h5-12,17-18,29-32H,1-4,13-16H2/b23-17-,24-18-. The number of hydrogen-bond acceptors (Lipinski definition) is 6. The Morgan fingerprint density at radius 3 is 1.35 bits per heavy atom. The van der Waals surface area contributed by atoms with Gasteiger partial charge in [0.15, 0.2) is 11.6 Å². The van der Waals surface area contributed by atoms with E-state index in [0.29, 0.717) is 71.3 Å². The molecule has 0 aromatic heterocycles. The van der Waals surface area contributed by atoms with E-state index in [4.69, 9.17) is 23.2 Å². The van der Waals surface area contributed by atoms with Crippen LogP contribution in [0, 0.1) is 0 Å². The van der Waals surface area contributed by atoms with Crippen LogP contribution in [0.4, 0.5) is 0 Å². The summed E-state index contributed by atoms with van der Waals surface area (Å²) in [4.78, 5) is 25.1. The molecule has 2 aromatic carbocycles. The van der Waals surface area contributed by atoms with E-state index in [0.717, 1.165) is 0 Å². The van der Waals surface area contributed by atoms with Crippen molar-refractivity contribution in [3.63, 3.8) is 0 Å². The van der Waals surface area contributed by atoms with Crippen molar-refractivity contribution in [3.05, 3.63) is 93.2 Å². The number of allylic oxidation sites excluding steroid dienone is 4. The van der Waals surface area contributed by atoms with E-state index in [1.807, 2.05) is 0 Å². The molecule has 0 heterocycles. The normalized spacial score (nSPS) is 11.9. The van der Waals surface area contributed by atoms with Crippen LogP contribution in [-0.4, -0.2) is 48.1 Å². The van der Waals surface area contributed by atoms with Gasteiger partial charge in [-0.05, 0) is 74.2 Å². The summed E-state index contributed by atoms with van der Waals surface area (Å²) in [5.74, 6) is -0.302. The van der Waals surface area contributed by atoms with Crippen molar-refractivity contribution in [2.24, 2.45) is 0 Å². The molecule has 0 aliphatic carbocycles. The molecule has 0 spiro atoms. The van der Waals surface area contributed by atoms with Gasteiger partial charge in [0.05, 0.1) is 0 Å². The van der Waals surface area contributed by atoms with Crippen molar-refractivity contribution in [1.29, 1.82) is 0 Å². The molecule has 0 aliphatic heterocycles. The first-order valence-electron chi connectivity index (χ1n) is 11.1. The second kappa shape index (κ2) is 15.3. The first-order chi connectivity index (χ1) is 16.4. The van der Waals surface area contributed by atoms with E-state index in [9.17, 15) is 19.8 Å². The molecule has 0 radical (unpaired) electrons. The van der Waals surface area contributed by atoms with E-state index >= 15 is 0 Å². The number of hydrogen-bond donors (Lipinski definition) is 4. The Balaban J connectivity index is 1.98. The maximum absolute atomic E-state index is 12.5. The summed E-state index contributed by atoms with van der Waals surface area (Å²) in [6, 6.07) is 13.3. The zero-order valence-corrected chi connectivity index (χ0v) is 20.4. The van der Waals surface area contributed by atoms with Crippen LogP contribution in [0.3, 0.4) is 0 Å². The van der Waals surface area contributed by atoms with Gasteiger partial charge in [-0.25, -0.2) is 0 Å². The van der Waals surface area contributed by atoms with Crippen LogP contribution in [0.5, 0.6) is 0 Å². The van der Waals surface area contributed by atoms with Crippen molar-refractivity contribution in [3.8, 4) is 0 Å². The fraction of sp³-hybridized carbons (Fsp3) is 0.308. The maximum atomic E-state index is 12.5. The van der Waals surface area contributed by atoms with E-state index in [1.54, 1.807) is 48.5 Å². The first kappa shape index (κ1) is 27.6. The Bertz CT molecular complexity index is 905. The van der Waals surface area contributed by atoms with E-state index in [-0.39, 0.29) is 24.8 Å². The van der Waals surface area contributed by atoms with Gasteiger partial charge in [-0.2, -0.15) is 0 Å². The van der Waals surface area contributed by atoms with Gasteiger partial charge in [-0.3, -0.25) is 9.59 Å². The highest BCUT2D eigenvalue weighted by atomic mass is 35.5. The molecule has 0 saturated heterocycles. The molecule has 0 atom stereocenters. The molecule has 0 bridgehead atoms. The third-order valence-electron chi connectivity index (χ3n) is 4.91. The third-order valence-corrected chi connectivity index (χ3v) is 5.41. The fourth-order valence-electron chi connectivity index (χ4n) is 3.12. The average Bonchev–Trinajstić information content (AvgIpc) is 2.83. The number of aliphatic hydroxyl groups is 2. The lowest BCUT2D eigenvalue weighted by Gasteiger charge is -2.14. The third kappa shape index (κ3) is 10.1. The SMILES string of the molecule is O=C(/C=C(/CCCO)NCCN/C(=C\C(=O)c1ccc(Cl)cc1)CCCO)c1ccc(Cl)cc1. The Morgan fingerprint density at radius 1 is 0.676 bits per heavy atom. The van der Waals surface area contributed by atoms with Crippen LogP contribution in [0.15, 0.2) is 72.1 Å². The largest absolute Gasteiger partial charge is 0.396 e. The molecular formula is C26H30Cl2N2O4. The zero-order valence-electron chi connectivity index (χ0n) is 18.9. The number of nitrogens with one attached hydrogen (secondary N) is 2. The fourth-order valence-corrected chi connectivity index (χ4v) is 3.37. The molecule has 4 N–H and O–H groups in total. The van der Waals surface area contributed by atoms with Gasteiger partial charge in [0, 0.05) is 71.0 Å². The predicted molar refractivity (Wildman–Crippen MR) is 136 cm³/mol. The predicted octanol–water partition coefficient (Wildman–Crippen LogP) is 4.55. The summed E-state index contributed by atoms with van der Waals surface area (Å²) in [7, 11) is 0. The number of ketones is 2. The van der Waals surface area contributed by atoms with Gasteiger partial charge in [-0.15, -0.1) is 0 Å². The minimum absolute atomic E-state index is 0.0211. The summed E-state index contributed by atoms with van der Waals surface area (Å²) in [6.07, 6.45) is 5.17. The molecule has 0 aliphatic rings. The van der Waals surface area contributed by atoms with E-state index in [1.165, 1.54) is 12.2 Å². The molecular weight excluding hydrogens is 475 g/mol. The second-order valence-electron chi connectivity index (χ2n) is 7.59. The number of halogens is 2. The van der Waals surface area contributed by atoms with Crippen LogP contribution in [0.1, 0.15) is 46.4 Å².